The van der Waals surface area contributed by atoms with Crippen LogP contribution in [-0.2, 0) is 54.5 Å². The third-order valence-electron chi connectivity index (χ3n) is 9.77. The lowest BCUT2D eigenvalue weighted by Gasteiger charge is -2.28. The maximum Gasteiger partial charge on any atom is 0.243 e. The van der Waals surface area contributed by atoms with E-state index in [0.717, 1.165) is 16.7 Å². The monoisotopic (exact) mass is 818 g/mol. The second-order valence-electron chi connectivity index (χ2n) is 15.9. The van der Waals surface area contributed by atoms with Crippen molar-refractivity contribution in [2.45, 2.75) is 96.4 Å². The Kier molecular flexibility index (Phi) is 17.8. The zero-order valence-corrected chi connectivity index (χ0v) is 34.7. The van der Waals surface area contributed by atoms with Crippen molar-refractivity contribution in [1.82, 2.24) is 26.6 Å². The number of rotatable bonds is 22. The topological polar surface area (TPSA) is 209 Å². The molecule has 0 fully saturated rings. The van der Waals surface area contributed by atoms with Crippen LogP contribution in [0.2, 0.25) is 0 Å². The molecule has 0 heterocycles. The summed E-state index contributed by atoms with van der Waals surface area (Å²) < 4.78 is 0. The maximum atomic E-state index is 14.4. The highest BCUT2D eigenvalue weighted by Crippen LogP contribution is 2.14. The predicted molar refractivity (Wildman–Crippen MR) is 230 cm³/mol. The number of carbonyl (C=O) groups excluding carboxylic acids is 6. The molecule has 0 aromatic heterocycles. The molecule has 13 heteroatoms. The van der Waals surface area contributed by atoms with E-state index in [2.05, 4.69) is 26.6 Å². The van der Waals surface area contributed by atoms with Gasteiger partial charge in [-0.2, -0.15) is 0 Å². The molecule has 13 nitrogen and oxygen atoms in total. The van der Waals surface area contributed by atoms with Crippen LogP contribution in [0.25, 0.3) is 0 Å². The van der Waals surface area contributed by atoms with Gasteiger partial charge in [-0.15, -0.1) is 0 Å². The molecule has 0 saturated carbocycles. The Morgan fingerprint density at radius 2 is 0.783 bits per heavy atom. The number of amides is 6. The molecule has 0 radical (unpaired) electrons. The van der Waals surface area contributed by atoms with Gasteiger partial charge in [0.1, 0.15) is 36.0 Å². The number of nitrogens with two attached hydrogens (primary N) is 1. The zero-order chi connectivity index (χ0) is 43.6. The standard InChI is InChI=1S/C47H58N6O7/c1-30(2)24-37(43(48)56)50-45(58)39(26-32-14-8-5-9-15-32)52-47(60)41(28-34-18-12-7-13-19-34)53-46(59)40(27-33-16-10-6-11-17-33)51-44(57)38(25-31(3)4)49-42(55)29-35-20-22-36(54)23-21-35/h5-23,30-31,37-41,54H,24-29H2,1-4H3,(H2,48,56)(H,49,55)(H,50,58)(H,51,57)(H,52,60)(H,53,59)/t37-,38-,39-,40-,41-/m1/s1. The number of phenols is 1. The molecule has 4 rings (SSSR count). The average Bonchev–Trinajstić information content (AvgIpc) is 3.21. The number of hydrogen-bond acceptors (Lipinski definition) is 7. The van der Waals surface area contributed by atoms with Crippen LogP contribution < -0.4 is 32.3 Å². The molecule has 4 aromatic carbocycles. The Morgan fingerprint density at radius 1 is 0.450 bits per heavy atom. The van der Waals surface area contributed by atoms with Crippen LogP contribution in [0.1, 0.15) is 62.8 Å². The van der Waals surface area contributed by atoms with Gasteiger partial charge in [0.25, 0.3) is 0 Å². The van der Waals surface area contributed by atoms with E-state index in [-0.39, 0.29) is 49.7 Å². The molecule has 5 atom stereocenters. The molecule has 0 saturated heterocycles. The SMILES string of the molecule is CC(C)C[C@@H](NC(=O)[C@@H](Cc1ccccc1)NC(=O)[C@@H](Cc1ccccc1)NC(=O)[C@@H](Cc1ccccc1)NC(=O)[C@@H](CC(C)C)NC(=O)Cc1ccc(O)cc1)C(N)=O. The smallest absolute Gasteiger partial charge is 0.243 e. The summed E-state index contributed by atoms with van der Waals surface area (Å²) in [5.74, 6) is -3.51. The number of benzene rings is 4. The average molecular weight is 819 g/mol. The fourth-order valence-corrected chi connectivity index (χ4v) is 6.73. The molecular weight excluding hydrogens is 761 g/mol. The van der Waals surface area contributed by atoms with Crippen LogP contribution in [0.5, 0.6) is 5.75 Å². The summed E-state index contributed by atoms with van der Waals surface area (Å²) >= 11 is 0. The van der Waals surface area contributed by atoms with E-state index in [1.54, 1.807) is 24.3 Å². The number of primary amides is 1. The normalized spacial score (nSPS) is 13.6. The second-order valence-corrected chi connectivity index (χ2v) is 15.9. The van der Waals surface area contributed by atoms with E-state index in [1.165, 1.54) is 12.1 Å². The molecule has 0 aliphatic rings. The van der Waals surface area contributed by atoms with Crippen molar-refractivity contribution in [2.24, 2.45) is 17.6 Å². The van der Waals surface area contributed by atoms with Crippen molar-refractivity contribution in [3.63, 3.8) is 0 Å². The van der Waals surface area contributed by atoms with Crippen molar-refractivity contribution in [1.29, 1.82) is 0 Å². The van der Waals surface area contributed by atoms with Gasteiger partial charge in [-0.3, -0.25) is 28.8 Å². The van der Waals surface area contributed by atoms with E-state index in [9.17, 15) is 33.9 Å². The second kappa shape index (κ2) is 23.2. The lowest BCUT2D eigenvalue weighted by Crippen LogP contribution is -2.60. The van der Waals surface area contributed by atoms with Crippen molar-refractivity contribution in [2.75, 3.05) is 0 Å². The molecule has 0 unspecified atom stereocenters. The first-order valence-electron chi connectivity index (χ1n) is 20.4. The van der Waals surface area contributed by atoms with Gasteiger partial charge in [-0.1, -0.05) is 131 Å². The number of phenolic OH excluding ortho intramolecular Hbond substituents is 1. The van der Waals surface area contributed by atoms with Crippen LogP contribution >= 0.6 is 0 Å². The largest absolute Gasteiger partial charge is 0.508 e. The Balaban J connectivity index is 1.61. The first-order chi connectivity index (χ1) is 28.7. The molecule has 4 aromatic rings. The molecule has 0 bridgehead atoms. The van der Waals surface area contributed by atoms with E-state index in [1.807, 2.05) is 107 Å². The number of carbonyl (C=O) groups is 6. The van der Waals surface area contributed by atoms with E-state index in [4.69, 9.17) is 5.73 Å². The minimum atomic E-state index is -1.21. The molecule has 6 amide bonds. The van der Waals surface area contributed by atoms with Crippen LogP contribution in [0.4, 0.5) is 0 Å². The lowest BCUT2D eigenvalue weighted by molar-refractivity contribution is -0.135. The van der Waals surface area contributed by atoms with Crippen LogP contribution in [0.15, 0.2) is 115 Å². The van der Waals surface area contributed by atoms with Crippen molar-refractivity contribution in [3.05, 3.63) is 138 Å². The Bertz CT molecular complexity index is 2010. The molecule has 318 valence electrons. The summed E-state index contributed by atoms with van der Waals surface area (Å²) in [5.41, 5.74) is 8.51. The maximum absolute atomic E-state index is 14.4. The highest BCUT2D eigenvalue weighted by molar-refractivity contribution is 5.96. The first-order valence-corrected chi connectivity index (χ1v) is 20.4. The van der Waals surface area contributed by atoms with Crippen LogP contribution in [-0.4, -0.2) is 70.8 Å². The van der Waals surface area contributed by atoms with Gasteiger partial charge in [0.2, 0.25) is 35.4 Å². The number of aromatic hydroxyl groups is 1. The highest BCUT2D eigenvalue weighted by Gasteiger charge is 2.33. The van der Waals surface area contributed by atoms with Gasteiger partial charge in [-0.05, 0) is 59.1 Å². The minimum Gasteiger partial charge on any atom is -0.508 e. The predicted octanol–water partition coefficient (Wildman–Crippen LogP) is 3.66. The summed E-state index contributed by atoms with van der Waals surface area (Å²) in [4.78, 5) is 82.1. The van der Waals surface area contributed by atoms with Gasteiger partial charge in [-0.25, -0.2) is 0 Å². The van der Waals surface area contributed by atoms with Gasteiger partial charge >= 0.3 is 0 Å². The summed E-state index contributed by atoms with van der Waals surface area (Å²) in [6.07, 6.45) is 0.747. The van der Waals surface area contributed by atoms with Crippen LogP contribution in [0, 0.1) is 11.8 Å². The van der Waals surface area contributed by atoms with Gasteiger partial charge in [0.05, 0.1) is 6.42 Å². The summed E-state index contributed by atoms with van der Waals surface area (Å²) in [6.45, 7) is 7.62. The van der Waals surface area contributed by atoms with Gasteiger partial charge in [0, 0.05) is 19.3 Å². The van der Waals surface area contributed by atoms with E-state index >= 15 is 0 Å². The molecule has 0 aliphatic carbocycles. The van der Waals surface area contributed by atoms with Gasteiger partial charge < -0.3 is 37.4 Å². The molecule has 8 N–H and O–H groups in total. The van der Waals surface area contributed by atoms with Crippen LogP contribution in [0.3, 0.4) is 0 Å². The Morgan fingerprint density at radius 3 is 1.13 bits per heavy atom. The highest BCUT2D eigenvalue weighted by atomic mass is 16.3. The third kappa shape index (κ3) is 15.7. The van der Waals surface area contributed by atoms with Crippen molar-refractivity contribution in [3.8, 4) is 5.75 Å². The third-order valence-corrected chi connectivity index (χ3v) is 9.77. The van der Waals surface area contributed by atoms with E-state index in [0.29, 0.717) is 12.0 Å². The summed E-state index contributed by atoms with van der Waals surface area (Å²) in [7, 11) is 0. The number of hydrogen-bond donors (Lipinski definition) is 7. The fourth-order valence-electron chi connectivity index (χ4n) is 6.73. The van der Waals surface area contributed by atoms with Gasteiger partial charge in [0.15, 0.2) is 0 Å². The minimum absolute atomic E-state index is 0.000252. The zero-order valence-electron chi connectivity index (χ0n) is 34.7. The fraction of sp³-hybridized carbons (Fsp3) is 0.362. The first kappa shape index (κ1) is 46.2. The number of nitrogens with one attached hydrogen (secondary N) is 5. The lowest BCUT2D eigenvalue weighted by atomic mass is 9.99. The molecule has 60 heavy (non-hydrogen) atoms. The molecule has 0 aliphatic heterocycles. The Hall–Kier alpha value is -6.50. The summed E-state index contributed by atoms with van der Waals surface area (Å²) in [6, 6.07) is 27.9. The van der Waals surface area contributed by atoms with Crippen molar-refractivity contribution < 1.29 is 33.9 Å². The quantitative estimate of drug-likeness (QED) is 0.0626. The summed E-state index contributed by atoms with van der Waals surface area (Å²) in [5, 5.41) is 23.7. The Labute approximate surface area is 352 Å². The molecular formula is C47H58N6O7. The van der Waals surface area contributed by atoms with E-state index < -0.39 is 65.7 Å². The van der Waals surface area contributed by atoms with Crippen molar-refractivity contribution >= 4 is 35.4 Å². The molecule has 0 spiro atoms.